The zero-order valence-corrected chi connectivity index (χ0v) is 14.3. The van der Waals surface area contributed by atoms with E-state index in [0.717, 1.165) is 38.2 Å². The first kappa shape index (κ1) is 17.3. The molecule has 0 aliphatic carbocycles. The Labute approximate surface area is 143 Å². The Morgan fingerprint density at radius 1 is 1.46 bits per heavy atom. The molecule has 0 bridgehead atoms. The summed E-state index contributed by atoms with van der Waals surface area (Å²) in [5.41, 5.74) is 1.08. The number of amides is 1. The largest absolute Gasteiger partial charge is 0.383 e. The second-order valence-electron chi connectivity index (χ2n) is 6.60. The van der Waals surface area contributed by atoms with Gasteiger partial charge in [-0.05, 0) is 25.0 Å². The second kappa shape index (κ2) is 8.55. The fraction of sp³-hybridized carbons (Fsp3) is 0.667. The van der Waals surface area contributed by atoms with Gasteiger partial charge < -0.3 is 14.8 Å². The van der Waals surface area contributed by atoms with Crippen LogP contribution in [0.25, 0.3) is 0 Å². The number of pyridine rings is 1. The highest BCUT2D eigenvalue weighted by Gasteiger charge is 2.41. The van der Waals surface area contributed by atoms with Gasteiger partial charge in [0, 0.05) is 57.9 Å². The number of carbonyl (C=O) groups excluding carboxylic acids is 1. The monoisotopic (exact) mass is 333 g/mol. The molecule has 3 heterocycles. The molecular formula is C18H27N3O3. The molecule has 0 aromatic carbocycles. The molecule has 0 radical (unpaired) electrons. The lowest BCUT2D eigenvalue weighted by Gasteiger charge is -2.44. The molecular weight excluding hydrogens is 306 g/mol. The summed E-state index contributed by atoms with van der Waals surface area (Å²) in [5, 5.41) is 3.00. The topological polar surface area (TPSA) is 63.7 Å². The number of ether oxygens (including phenoxy) is 2. The van der Waals surface area contributed by atoms with E-state index in [2.05, 4.69) is 21.3 Å². The van der Waals surface area contributed by atoms with E-state index in [0.29, 0.717) is 19.8 Å². The van der Waals surface area contributed by atoms with Crippen molar-refractivity contribution < 1.29 is 14.3 Å². The highest BCUT2D eigenvalue weighted by Crippen LogP contribution is 2.33. The number of nitrogens with zero attached hydrogens (tertiary/aromatic N) is 2. The number of methoxy groups -OCH3 is 1. The Kier molecular flexibility index (Phi) is 6.18. The van der Waals surface area contributed by atoms with E-state index in [1.54, 1.807) is 7.11 Å². The molecule has 3 atom stereocenters. The van der Waals surface area contributed by atoms with Gasteiger partial charge in [0.15, 0.2) is 0 Å². The molecule has 6 nitrogen and oxygen atoms in total. The number of hydrogen-bond donors (Lipinski definition) is 1. The fourth-order valence-electron chi connectivity index (χ4n) is 3.78. The fourth-order valence-corrected chi connectivity index (χ4v) is 3.78. The lowest BCUT2D eigenvalue weighted by Crippen LogP contribution is -2.53. The Hall–Kier alpha value is -1.50. The second-order valence-corrected chi connectivity index (χ2v) is 6.60. The van der Waals surface area contributed by atoms with Crippen LogP contribution < -0.4 is 5.32 Å². The standard InChI is InChI=1S/C18H27N3O3/c1-23-11-8-20-18(22)15-6-10-24-17-5-9-21(13-16(15)17)12-14-4-2-3-7-19-14/h2-4,7,15-17H,5-6,8-13H2,1H3,(H,20,22)/t15-,16+,17-/m1/s1. The Morgan fingerprint density at radius 2 is 2.38 bits per heavy atom. The third-order valence-corrected chi connectivity index (χ3v) is 5.01. The van der Waals surface area contributed by atoms with Crippen molar-refractivity contribution in [1.82, 2.24) is 15.2 Å². The van der Waals surface area contributed by atoms with Crippen LogP contribution in [-0.2, 0) is 20.8 Å². The summed E-state index contributed by atoms with van der Waals surface area (Å²) in [6.07, 6.45) is 3.83. The van der Waals surface area contributed by atoms with Gasteiger partial charge in [0.1, 0.15) is 0 Å². The SMILES string of the molecule is COCCNC(=O)[C@@H]1CCO[C@@H]2CCN(Cc3ccccn3)C[C@H]21. The van der Waals surface area contributed by atoms with Crippen LogP contribution in [0.5, 0.6) is 0 Å². The van der Waals surface area contributed by atoms with Gasteiger partial charge >= 0.3 is 0 Å². The minimum absolute atomic E-state index is 0.0344. The van der Waals surface area contributed by atoms with Crippen molar-refractivity contribution in [1.29, 1.82) is 0 Å². The molecule has 0 spiro atoms. The Morgan fingerprint density at radius 3 is 3.17 bits per heavy atom. The summed E-state index contributed by atoms with van der Waals surface area (Å²) in [6.45, 7) is 4.53. The summed E-state index contributed by atoms with van der Waals surface area (Å²) in [7, 11) is 1.65. The average Bonchev–Trinajstić information content (AvgIpc) is 2.62. The molecule has 2 aliphatic rings. The van der Waals surface area contributed by atoms with Gasteiger partial charge in [-0.3, -0.25) is 14.7 Å². The van der Waals surface area contributed by atoms with E-state index in [4.69, 9.17) is 9.47 Å². The van der Waals surface area contributed by atoms with Crippen LogP contribution in [0.1, 0.15) is 18.5 Å². The minimum atomic E-state index is 0.0344. The molecule has 1 N–H and O–H groups in total. The van der Waals surface area contributed by atoms with Crippen LogP contribution in [0.15, 0.2) is 24.4 Å². The number of piperidine rings is 1. The molecule has 1 aromatic rings. The summed E-state index contributed by atoms with van der Waals surface area (Å²) < 4.78 is 11.0. The molecule has 6 heteroatoms. The normalized spacial score (nSPS) is 27.5. The molecule has 0 unspecified atom stereocenters. The van der Waals surface area contributed by atoms with Crippen LogP contribution in [-0.4, -0.2) is 61.9 Å². The number of aromatic nitrogens is 1. The molecule has 24 heavy (non-hydrogen) atoms. The van der Waals surface area contributed by atoms with E-state index in [1.165, 1.54) is 0 Å². The van der Waals surface area contributed by atoms with Gasteiger partial charge in [-0.1, -0.05) is 6.07 Å². The lowest BCUT2D eigenvalue weighted by molar-refractivity contribution is -0.142. The van der Waals surface area contributed by atoms with Crippen LogP contribution in [0.3, 0.4) is 0 Å². The van der Waals surface area contributed by atoms with Crippen molar-refractivity contribution >= 4 is 5.91 Å². The van der Waals surface area contributed by atoms with Gasteiger partial charge in [0.25, 0.3) is 0 Å². The number of fused-ring (bicyclic) bond motifs is 1. The van der Waals surface area contributed by atoms with Gasteiger partial charge in [0.05, 0.1) is 18.4 Å². The zero-order chi connectivity index (χ0) is 16.8. The van der Waals surface area contributed by atoms with Gasteiger partial charge in [-0.2, -0.15) is 0 Å². The van der Waals surface area contributed by atoms with Crippen molar-refractivity contribution in [3.8, 4) is 0 Å². The van der Waals surface area contributed by atoms with Gasteiger partial charge in [-0.15, -0.1) is 0 Å². The summed E-state index contributed by atoms with van der Waals surface area (Å²) in [5.74, 6) is 0.441. The molecule has 3 rings (SSSR count). The maximum absolute atomic E-state index is 12.5. The third-order valence-electron chi connectivity index (χ3n) is 5.01. The molecule has 2 fully saturated rings. The highest BCUT2D eigenvalue weighted by molar-refractivity contribution is 5.79. The van der Waals surface area contributed by atoms with E-state index in [1.807, 2.05) is 18.3 Å². The van der Waals surface area contributed by atoms with Crippen LogP contribution in [0.4, 0.5) is 0 Å². The summed E-state index contributed by atoms with van der Waals surface area (Å²) >= 11 is 0. The molecule has 1 amide bonds. The third kappa shape index (κ3) is 4.32. The quantitative estimate of drug-likeness (QED) is 0.789. The molecule has 2 saturated heterocycles. The maximum atomic E-state index is 12.5. The van der Waals surface area contributed by atoms with Crippen LogP contribution in [0.2, 0.25) is 0 Å². The first-order valence-electron chi connectivity index (χ1n) is 8.78. The first-order valence-corrected chi connectivity index (χ1v) is 8.78. The van der Waals surface area contributed by atoms with E-state index < -0.39 is 0 Å². The predicted molar refractivity (Wildman–Crippen MR) is 90.4 cm³/mol. The van der Waals surface area contributed by atoms with E-state index in [-0.39, 0.29) is 23.8 Å². The summed E-state index contributed by atoms with van der Waals surface area (Å²) in [6, 6.07) is 6.01. The number of nitrogens with one attached hydrogen (secondary N) is 1. The molecule has 0 saturated carbocycles. The minimum Gasteiger partial charge on any atom is -0.383 e. The Balaban J connectivity index is 1.60. The number of carbonyl (C=O) groups is 1. The van der Waals surface area contributed by atoms with Crippen LogP contribution >= 0.6 is 0 Å². The average molecular weight is 333 g/mol. The van der Waals surface area contributed by atoms with Crippen molar-refractivity contribution in [3.05, 3.63) is 30.1 Å². The van der Waals surface area contributed by atoms with E-state index in [9.17, 15) is 4.79 Å². The molecule has 1 aromatic heterocycles. The Bertz CT molecular complexity index is 526. The van der Waals surface area contributed by atoms with Crippen molar-refractivity contribution in [2.75, 3.05) is 40.0 Å². The summed E-state index contributed by atoms with van der Waals surface area (Å²) in [4.78, 5) is 19.4. The van der Waals surface area contributed by atoms with Crippen molar-refractivity contribution in [2.45, 2.75) is 25.5 Å². The number of hydrogen-bond acceptors (Lipinski definition) is 5. The highest BCUT2D eigenvalue weighted by atomic mass is 16.5. The van der Waals surface area contributed by atoms with Crippen LogP contribution in [0, 0.1) is 11.8 Å². The van der Waals surface area contributed by atoms with Gasteiger partial charge in [-0.25, -0.2) is 0 Å². The first-order chi connectivity index (χ1) is 11.8. The zero-order valence-electron chi connectivity index (χ0n) is 14.3. The van der Waals surface area contributed by atoms with E-state index >= 15 is 0 Å². The number of rotatable bonds is 6. The molecule has 2 aliphatic heterocycles. The predicted octanol–water partition coefficient (Wildman–Crippen LogP) is 1.07. The molecule has 132 valence electrons. The van der Waals surface area contributed by atoms with Gasteiger partial charge in [0.2, 0.25) is 5.91 Å². The van der Waals surface area contributed by atoms with Crippen molar-refractivity contribution in [2.24, 2.45) is 11.8 Å². The maximum Gasteiger partial charge on any atom is 0.223 e. The lowest BCUT2D eigenvalue weighted by atomic mass is 9.79. The smallest absolute Gasteiger partial charge is 0.223 e. The van der Waals surface area contributed by atoms with Crippen molar-refractivity contribution in [3.63, 3.8) is 0 Å². The number of likely N-dealkylation sites (tertiary alicyclic amines) is 1.